The summed E-state index contributed by atoms with van der Waals surface area (Å²) in [6.07, 6.45) is 5.26. The number of carbonyl (C=O) groups excluding carboxylic acids is 1. The molecule has 4 rings (SSSR count). The van der Waals surface area contributed by atoms with E-state index in [0.717, 1.165) is 39.1 Å². The van der Waals surface area contributed by atoms with Gasteiger partial charge in [-0.15, -0.1) is 6.58 Å². The number of aromatic hydroxyl groups is 2. The molecule has 0 radical (unpaired) electrons. The summed E-state index contributed by atoms with van der Waals surface area (Å²) in [6.45, 7) is 11.6. The molecule has 4 aromatic carbocycles. The van der Waals surface area contributed by atoms with Gasteiger partial charge in [0.1, 0.15) is 36.2 Å². The Kier molecular flexibility index (Phi) is 37.2. The van der Waals surface area contributed by atoms with Gasteiger partial charge in [0, 0.05) is 5.33 Å². The quantitative estimate of drug-likeness (QED) is 0.0643. The van der Waals surface area contributed by atoms with E-state index in [9.17, 15) is 0 Å². The van der Waals surface area contributed by atoms with Crippen LogP contribution in [0.4, 0.5) is 0 Å². The first-order valence-electron chi connectivity index (χ1n) is 12.6. The van der Waals surface area contributed by atoms with Crippen molar-refractivity contribution in [1.29, 1.82) is 0 Å². The van der Waals surface area contributed by atoms with Crippen molar-refractivity contribution in [3.8, 4) is 45.3 Å². The number of hydrogen-bond donors (Lipinski definition) is 2. The zero-order valence-corrected chi connectivity index (χ0v) is 32.9. The van der Waals surface area contributed by atoms with Gasteiger partial charge >= 0.3 is 103 Å². The Morgan fingerprint density at radius 1 is 0.609 bits per heavy atom. The Bertz CT molecular complexity index is 1220. The van der Waals surface area contributed by atoms with Crippen LogP contribution in [-0.4, -0.2) is 35.2 Å². The van der Waals surface area contributed by atoms with Crippen LogP contribution in [0.5, 0.6) is 23.0 Å². The molecule has 0 saturated carbocycles. The first kappa shape index (κ1) is 51.3. The number of benzene rings is 4. The number of ether oxygens (including phenoxy) is 2. The van der Waals surface area contributed by atoms with Gasteiger partial charge in [-0.05, 0) is 70.8 Å². The molecule has 0 fully saturated rings. The molecule has 0 spiro atoms. The maximum atomic E-state index is 9.11. The SMILES string of the molecule is C.C.C=CCBr.C=CCOc1ccc(-c2ccc(OCC=C)cc2)cc1.O=CO[O-].Oc1ccc(-c2ccc(O)cc2)cc1.[H-].[K+].[K+]. The maximum absolute atomic E-state index is 9.11. The topological polar surface area (TPSA) is 108 Å². The van der Waals surface area contributed by atoms with Crippen LogP contribution in [0.15, 0.2) is 135 Å². The van der Waals surface area contributed by atoms with E-state index in [0.29, 0.717) is 13.2 Å². The molecular formula is C36H43BrK2O7. The average Bonchev–Trinajstić information content (AvgIpc) is 3.04. The van der Waals surface area contributed by atoms with Crippen LogP contribution in [0.3, 0.4) is 0 Å². The molecule has 7 nitrogen and oxygen atoms in total. The third-order valence-corrected chi connectivity index (χ3v) is 5.45. The molecule has 0 heterocycles. The molecule has 0 aliphatic carbocycles. The van der Waals surface area contributed by atoms with Gasteiger partial charge in [0.25, 0.3) is 6.47 Å². The van der Waals surface area contributed by atoms with Crippen molar-refractivity contribution in [2.45, 2.75) is 14.9 Å². The second-order valence-corrected chi connectivity index (χ2v) is 8.62. The Morgan fingerprint density at radius 3 is 1.04 bits per heavy atom. The fraction of sp³-hybridized carbons (Fsp3) is 0.139. The molecule has 0 aliphatic rings. The predicted molar refractivity (Wildman–Crippen MR) is 184 cm³/mol. The average molecular weight is 746 g/mol. The van der Waals surface area contributed by atoms with Crippen LogP contribution in [0.2, 0.25) is 0 Å². The van der Waals surface area contributed by atoms with E-state index in [1.165, 1.54) is 0 Å². The Balaban J connectivity index is -0.000000192. The number of phenolic OH excluding ortho intramolecular Hbond substituents is 2. The number of phenols is 2. The molecule has 0 saturated heterocycles. The standard InChI is InChI=1S/C18H18O2.C12H10O2.C3H5Br.CH2O3.2CH4.2K.H/c1-3-13-19-17-9-5-15(6-10-17)16-7-11-18(12-8-16)20-14-4-2;13-11-5-1-9(2-6-11)10-3-7-12(14)8-4-10;1-2-3-4;2-1-4-3;;;;;/h3-12H,1-2,13-14H2;1-8,13-14H;2H,1,3H2;1,3H;2*1H4;;;/q;;;;;;2*+1;-1/p-1. The molecule has 10 heteroatoms. The van der Waals surface area contributed by atoms with E-state index in [4.69, 9.17) is 29.7 Å². The van der Waals surface area contributed by atoms with Gasteiger partial charge in [-0.25, -0.2) is 0 Å². The van der Waals surface area contributed by atoms with E-state index < -0.39 is 0 Å². The zero-order valence-electron chi connectivity index (χ0n) is 26.1. The molecule has 0 bridgehead atoms. The van der Waals surface area contributed by atoms with Crippen molar-refractivity contribution in [2.24, 2.45) is 0 Å². The van der Waals surface area contributed by atoms with Crippen LogP contribution >= 0.6 is 15.9 Å². The van der Waals surface area contributed by atoms with Gasteiger partial charge in [-0.1, -0.05) is 111 Å². The molecule has 0 amide bonds. The summed E-state index contributed by atoms with van der Waals surface area (Å²) in [5.74, 6) is 2.21. The molecule has 238 valence electrons. The van der Waals surface area contributed by atoms with Crippen molar-refractivity contribution in [1.82, 2.24) is 0 Å². The minimum atomic E-state index is -0.181. The summed E-state index contributed by atoms with van der Waals surface area (Å²) in [5.41, 5.74) is 4.32. The summed E-state index contributed by atoms with van der Waals surface area (Å²) in [4.78, 5) is 11.2. The molecular weight excluding hydrogens is 702 g/mol. The van der Waals surface area contributed by atoms with Gasteiger partial charge in [-0.2, -0.15) is 0 Å². The Labute approximate surface area is 369 Å². The monoisotopic (exact) mass is 744 g/mol. The number of allylic oxidation sites excluding steroid dienone is 1. The Hall–Kier alpha value is -1.52. The molecule has 0 aromatic heterocycles. The van der Waals surface area contributed by atoms with Crippen molar-refractivity contribution < 1.29 is 139 Å². The minimum absolute atomic E-state index is 0. The third-order valence-electron chi connectivity index (χ3n) is 4.99. The largest absolute Gasteiger partial charge is 1.00 e. The second-order valence-electron chi connectivity index (χ2n) is 7.98. The smallest absolute Gasteiger partial charge is 1.00 e. The normalized spacial score (nSPS) is 8.30. The van der Waals surface area contributed by atoms with Gasteiger partial charge in [0.2, 0.25) is 0 Å². The number of rotatable bonds is 10. The summed E-state index contributed by atoms with van der Waals surface area (Å²) in [5, 5.41) is 27.5. The van der Waals surface area contributed by atoms with E-state index in [-0.39, 0.29) is 137 Å². The summed E-state index contributed by atoms with van der Waals surface area (Å²) in [6, 6.07) is 29.9. The van der Waals surface area contributed by atoms with E-state index in [1.807, 2.05) is 72.8 Å². The van der Waals surface area contributed by atoms with Crippen molar-refractivity contribution in [3.05, 3.63) is 135 Å². The minimum Gasteiger partial charge on any atom is -1.00 e. The van der Waals surface area contributed by atoms with Crippen LogP contribution in [0.1, 0.15) is 16.3 Å². The molecule has 0 unspecified atom stereocenters. The number of halogens is 1. The zero-order chi connectivity index (χ0) is 31.0. The number of carbonyl (C=O) groups is 1. The molecule has 0 aliphatic heterocycles. The number of alkyl halides is 1. The fourth-order valence-electron chi connectivity index (χ4n) is 3.11. The van der Waals surface area contributed by atoms with E-state index in [1.54, 1.807) is 42.5 Å². The molecule has 46 heavy (non-hydrogen) atoms. The van der Waals surface area contributed by atoms with Crippen molar-refractivity contribution >= 4 is 22.4 Å². The molecule has 2 N–H and O–H groups in total. The van der Waals surface area contributed by atoms with E-state index >= 15 is 0 Å². The second kappa shape index (κ2) is 33.4. The third kappa shape index (κ3) is 22.9. The molecule has 4 aromatic rings. The number of hydrogen-bond acceptors (Lipinski definition) is 7. The summed E-state index contributed by atoms with van der Waals surface area (Å²) >= 11 is 3.13. The van der Waals surface area contributed by atoms with Crippen LogP contribution in [-0.2, 0) is 9.68 Å². The Morgan fingerprint density at radius 2 is 0.848 bits per heavy atom. The fourth-order valence-corrected chi connectivity index (χ4v) is 3.11. The van der Waals surface area contributed by atoms with Gasteiger partial charge in [0.05, 0.1) is 0 Å². The first-order chi connectivity index (χ1) is 20.4. The van der Waals surface area contributed by atoms with Crippen LogP contribution in [0.25, 0.3) is 22.3 Å². The molecule has 0 atom stereocenters. The van der Waals surface area contributed by atoms with E-state index in [2.05, 4.69) is 40.6 Å². The van der Waals surface area contributed by atoms with Crippen molar-refractivity contribution in [3.63, 3.8) is 0 Å². The summed E-state index contributed by atoms with van der Waals surface area (Å²) in [7, 11) is 0. The van der Waals surface area contributed by atoms with Gasteiger partial charge in [0.15, 0.2) is 0 Å². The first-order valence-corrected chi connectivity index (χ1v) is 13.7. The summed E-state index contributed by atoms with van der Waals surface area (Å²) < 4.78 is 10.9. The van der Waals surface area contributed by atoms with Gasteiger partial charge in [-0.3, -0.25) is 4.79 Å². The van der Waals surface area contributed by atoms with Crippen LogP contribution in [0, 0.1) is 0 Å². The maximum Gasteiger partial charge on any atom is 1.00 e. The van der Waals surface area contributed by atoms with Gasteiger partial charge < -0.3 is 31.3 Å². The van der Waals surface area contributed by atoms with Crippen molar-refractivity contribution in [2.75, 3.05) is 18.5 Å². The predicted octanol–water partition coefficient (Wildman–Crippen LogP) is 2.64. The van der Waals surface area contributed by atoms with Crippen LogP contribution < -0.4 is 118 Å².